The van der Waals surface area contributed by atoms with Gasteiger partial charge in [0.15, 0.2) is 0 Å². The first kappa shape index (κ1) is 16.2. The van der Waals surface area contributed by atoms with Crippen molar-refractivity contribution in [2.45, 2.75) is 6.92 Å². The maximum absolute atomic E-state index is 11.9. The lowest BCUT2D eigenvalue weighted by Gasteiger charge is -2.09. The molecule has 0 fully saturated rings. The fourth-order valence-corrected chi connectivity index (χ4v) is 1.89. The Balaban J connectivity index is 2.06. The second-order valence-corrected chi connectivity index (χ2v) is 4.81. The van der Waals surface area contributed by atoms with Gasteiger partial charge in [-0.1, -0.05) is 6.08 Å². The van der Waals surface area contributed by atoms with Crippen molar-refractivity contribution >= 4 is 28.9 Å². The van der Waals surface area contributed by atoms with Gasteiger partial charge in [-0.3, -0.25) is 14.6 Å². The van der Waals surface area contributed by atoms with Crippen LogP contribution in [0.4, 0.5) is 17.1 Å². The van der Waals surface area contributed by atoms with Crippen LogP contribution in [0.3, 0.4) is 0 Å². The quantitative estimate of drug-likeness (QED) is 0.716. The topological polar surface area (TPSA) is 83.1 Å². The number of anilines is 3. The number of pyridine rings is 1. The van der Waals surface area contributed by atoms with Crippen molar-refractivity contribution in [3.63, 3.8) is 0 Å². The van der Waals surface area contributed by atoms with Crippen LogP contribution in [0.25, 0.3) is 0 Å². The summed E-state index contributed by atoms with van der Waals surface area (Å²) >= 11 is 0. The lowest BCUT2D eigenvalue weighted by atomic mass is 10.2. The summed E-state index contributed by atoms with van der Waals surface area (Å²) in [4.78, 5) is 26.9. The zero-order valence-corrected chi connectivity index (χ0v) is 12.8. The summed E-state index contributed by atoms with van der Waals surface area (Å²) in [6.45, 7) is 5.40. The van der Waals surface area contributed by atoms with Crippen LogP contribution < -0.4 is 16.0 Å². The summed E-state index contributed by atoms with van der Waals surface area (Å²) in [7, 11) is 0. The van der Waals surface area contributed by atoms with E-state index in [0.717, 1.165) is 17.1 Å². The van der Waals surface area contributed by atoms with E-state index in [1.807, 2.05) is 12.1 Å². The summed E-state index contributed by atoms with van der Waals surface area (Å²) < 4.78 is 0. The molecule has 1 heterocycles. The predicted octanol–water partition coefficient (Wildman–Crippen LogP) is 2.70. The standard InChI is InChI=1S/C17H18N4O2/c1-3-9-19-17(23)16-11-15(8-10-18-16)21-14-6-4-13(5-7-14)20-12(2)22/h3-8,10-11H,1,9H2,2H3,(H,18,21)(H,19,23)(H,20,22). The monoisotopic (exact) mass is 310 g/mol. The highest BCUT2D eigenvalue weighted by Crippen LogP contribution is 2.19. The molecule has 2 rings (SSSR count). The summed E-state index contributed by atoms with van der Waals surface area (Å²) in [6, 6.07) is 10.7. The molecule has 0 radical (unpaired) electrons. The van der Waals surface area contributed by atoms with Gasteiger partial charge in [-0.15, -0.1) is 6.58 Å². The average Bonchev–Trinajstić information content (AvgIpc) is 2.54. The molecular weight excluding hydrogens is 292 g/mol. The molecule has 0 spiro atoms. The largest absolute Gasteiger partial charge is 0.355 e. The zero-order chi connectivity index (χ0) is 16.7. The number of benzene rings is 1. The molecule has 0 saturated carbocycles. The maximum Gasteiger partial charge on any atom is 0.270 e. The number of amides is 2. The van der Waals surface area contributed by atoms with Gasteiger partial charge in [0, 0.05) is 36.7 Å². The van der Waals surface area contributed by atoms with E-state index in [1.165, 1.54) is 6.92 Å². The molecule has 0 aliphatic heterocycles. The van der Waals surface area contributed by atoms with Crippen LogP contribution in [0.2, 0.25) is 0 Å². The Labute approximate surface area is 134 Å². The third-order valence-corrected chi connectivity index (χ3v) is 2.89. The number of aromatic nitrogens is 1. The molecule has 2 amide bonds. The minimum Gasteiger partial charge on any atom is -0.355 e. The first-order chi connectivity index (χ1) is 11.1. The van der Waals surface area contributed by atoms with Crippen LogP contribution in [0, 0.1) is 0 Å². The normalized spacial score (nSPS) is 9.78. The molecule has 1 aromatic carbocycles. The Hall–Kier alpha value is -3.15. The lowest BCUT2D eigenvalue weighted by Crippen LogP contribution is -2.24. The summed E-state index contributed by atoms with van der Waals surface area (Å²) in [6.07, 6.45) is 3.17. The molecule has 2 aromatic rings. The molecule has 0 aliphatic carbocycles. The first-order valence-electron chi connectivity index (χ1n) is 7.08. The third-order valence-electron chi connectivity index (χ3n) is 2.89. The van der Waals surface area contributed by atoms with E-state index in [2.05, 4.69) is 27.5 Å². The van der Waals surface area contributed by atoms with Gasteiger partial charge in [0.25, 0.3) is 5.91 Å². The van der Waals surface area contributed by atoms with Gasteiger partial charge in [0.1, 0.15) is 5.69 Å². The second-order valence-electron chi connectivity index (χ2n) is 4.81. The van der Waals surface area contributed by atoms with Crippen LogP contribution in [0.5, 0.6) is 0 Å². The van der Waals surface area contributed by atoms with Crippen molar-refractivity contribution in [1.82, 2.24) is 10.3 Å². The SMILES string of the molecule is C=CCNC(=O)c1cc(Nc2ccc(NC(C)=O)cc2)ccn1. The number of nitrogens with zero attached hydrogens (tertiary/aromatic N) is 1. The molecule has 1 aromatic heterocycles. The van der Waals surface area contributed by atoms with Crippen LogP contribution in [0.1, 0.15) is 17.4 Å². The second kappa shape index (κ2) is 7.74. The van der Waals surface area contributed by atoms with Crippen LogP contribution in [-0.2, 0) is 4.79 Å². The lowest BCUT2D eigenvalue weighted by molar-refractivity contribution is -0.114. The van der Waals surface area contributed by atoms with E-state index in [1.54, 1.807) is 36.5 Å². The van der Waals surface area contributed by atoms with Crippen LogP contribution >= 0.6 is 0 Å². The molecule has 3 N–H and O–H groups in total. The van der Waals surface area contributed by atoms with E-state index >= 15 is 0 Å². The van der Waals surface area contributed by atoms with Crippen molar-refractivity contribution in [1.29, 1.82) is 0 Å². The van der Waals surface area contributed by atoms with Gasteiger partial charge in [-0.05, 0) is 36.4 Å². The Morgan fingerprint density at radius 2 is 1.83 bits per heavy atom. The van der Waals surface area contributed by atoms with Gasteiger partial charge in [0.05, 0.1) is 0 Å². The highest BCUT2D eigenvalue weighted by molar-refractivity contribution is 5.93. The number of nitrogens with one attached hydrogen (secondary N) is 3. The molecule has 0 atom stereocenters. The van der Waals surface area contributed by atoms with E-state index < -0.39 is 0 Å². The smallest absolute Gasteiger partial charge is 0.270 e. The third kappa shape index (κ3) is 4.96. The molecule has 118 valence electrons. The fraction of sp³-hybridized carbons (Fsp3) is 0.118. The summed E-state index contributed by atoms with van der Waals surface area (Å²) in [5, 5.41) is 8.56. The molecule has 23 heavy (non-hydrogen) atoms. The Kier molecular flexibility index (Phi) is 5.46. The fourth-order valence-electron chi connectivity index (χ4n) is 1.89. The predicted molar refractivity (Wildman–Crippen MR) is 90.8 cm³/mol. The number of carbonyl (C=O) groups is 2. The van der Waals surface area contributed by atoms with E-state index in [9.17, 15) is 9.59 Å². The summed E-state index contributed by atoms with van der Waals surface area (Å²) in [5.74, 6) is -0.371. The van der Waals surface area contributed by atoms with Crippen LogP contribution in [-0.4, -0.2) is 23.3 Å². The van der Waals surface area contributed by atoms with Crippen molar-refractivity contribution in [3.8, 4) is 0 Å². The van der Waals surface area contributed by atoms with E-state index in [0.29, 0.717) is 12.2 Å². The minimum absolute atomic E-state index is 0.116. The van der Waals surface area contributed by atoms with Gasteiger partial charge in [-0.2, -0.15) is 0 Å². The van der Waals surface area contributed by atoms with Crippen molar-refractivity contribution in [2.24, 2.45) is 0 Å². The van der Waals surface area contributed by atoms with Gasteiger partial charge in [-0.25, -0.2) is 0 Å². The molecule has 0 aliphatic rings. The average molecular weight is 310 g/mol. The molecule has 6 heteroatoms. The molecule has 0 bridgehead atoms. The Morgan fingerprint density at radius 3 is 2.48 bits per heavy atom. The highest BCUT2D eigenvalue weighted by Gasteiger charge is 2.06. The molecule has 0 unspecified atom stereocenters. The molecular formula is C17H18N4O2. The molecule has 0 saturated heterocycles. The number of carbonyl (C=O) groups excluding carboxylic acids is 2. The maximum atomic E-state index is 11.9. The van der Waals surface area contributed by atoms with Gasteiger partial charge in [0.2, 0.25) is 5.91 Å². The number of rotatable bonds is 6. The highest BCUT2D eigenvalue weighted by atomic mass is 16.2. The first-order valence-corrected chi connectivity index (χ1v) is 7.08. The van der Waals surface area contributed by atoms with E-state index in [-0.39, 0.29) is 11.8 Å². The Bertz CT molecular complexity index is 711. The van der Waals surface area contributed by atoms with Crippen molar-refractivity contribution < 1.29 is 9.59 Å². The zero-order valence-electron chi connectivity index (χ0n) is 12.8. The van der Waals surface area contributed by atoms with Crippen LogP contribution in [0.15, 0.2) is 55.3 Å². The Morgan fingerprint density at radius 1 is 1.13 bits per heavy atom. The van der Waals surface area contributed by atoms with Crippen molar-refractivity contribution in [2.75, 3.05) is 17.2 Å². The number of hydrogen-bond acceptors (Lipinski definition) is 4. The van der Waals surface area contributed by atoms with Gasteiger partial charge < -0.3 is 16.0 Å². The number of hydrogen-bond donors (Lipinski definition) is 3. The van der Waals surface area contributed by atoms with E-state index in [4.69, 9.17) is 0 Å². The van der Waals surface area contributed by atoms with Gasteiger partial charge >= 0.3 is 0 Å². The molecule has 6 nitrogen and oxygen atoms in total. The summed E-state index contributed by atoms with van der Waals surface area (Å²) in [5.41, 5.74) is 2.63. The van der Waals surface area contributed by atoms with Crippen molar-refractivity contribution in [3.05, 3.63) is 60.9 Å². The minimum atomic E-state index is -0.255.